The Morgan fingerprint density at radius 1 is 0.980 bits per heavy atom. The number of hydrogen-bond acceptors (Lipinski definition) is 9. The average molecular weight is 714 g/mol. The maximum Gasteiger partial charge on any atom is 0.420 e. The Morgan fingerprint density at radius 3 is 2.37 bits per heavy atom. The molecule has 0 radical (unpaired) electrons. The molecule has 4 aromatic heterocycles. The highest BCUT2D eigenvalue weighted by Crippen LogP contribution is 2.38. The lowest BCUT2D eigenvalue weighted by atomic mass is 9.90. The molecule has 2 aliphatic rings. The van der Waals surface area contributed by atoms with Gasteiger partial charge in [0, 0.05) is 49.5 Å². The molecule has 2 fully saturated rings. The SMILES string of the molecule is O=C(NCC(F)(F)F)N(c1cnc(-c2cnn(C3CCOCC3)c2)cn1)[C@H]1CC[C@H](Nc2ncc(C(F)(F)F)c(-c3n[nH]cc3Cl)n2)CC1. The maximum absolute atomic E-state index is 13.7. The van der Waals surface area contributed by atoms with Crippen molar-refractivity contribution in [2.45, 2.75) is 69.0 Å². The van der Waals surface area contributed by atoms with Crippen LogP contribution >= 0.6 is 11.6 Å². The van der Waals surface area contributed by atoms with Crippen molar-refractivity contribution in [2.75, 3.05) is 30.0 Å². The van der Waals surface area contributed by atoms with Crippen LogP contribution in [0.2, 0.25) is 5.02 Å². The second-order valence-corrected chi connectivity index (χ2v) is 12.0. The number of alkyl halides is 6. The molecule has 0 atom stereocenters. The number of urea groups is 1. The van der Waals surface area contributed by atoms with Gasteiger partial charge in [-0.05, 0) is 38.5 Å². The summed E-state index contributed by atoms with van der Waals surface area (Å²) in [5, 5.41) is 15.5. The Labute approximate surface area is 279 Å². The lowest BCUT2D eigenvalue weighted by Crippen LogP contribution is -2.50. The largest absolute Gasteiger partial charge is 0.420 e. The van der Waals surface area contributed by atoms with E-state index in [2.05, 4.69) is 40.5 Å². The van der Waals surface area contributed by atoms with E-state index in [0.717, 1.165) is 17.7 Å². The highest BCUT2D eigenvalue weighted by Gasteiger charge is 2.38. The van der Waals surface area contributed by atoms with Crippen molar-refractivity contribution >= 4 is 29.4 Å². The Hall–Kier alpha value is -4.52. The number of carbonyl (C=O) groups excluding carboxylic acids is 1. The normalized spacial score (nSPS) is 19.1. The highest BCUT2D eigenvalue weighted by atomic mass is 35.5. The molecule has 1 saturated heterocycles. The molecule has 1 aliphatic heterocycles. The summed E-state index contributed by atoms with van der Waals surface area (Å²) in [4.78, 5) is 31.1. The van der Waals surface area contributed by atoms with E-state index < -0.39 is 42.2 Å². The first-order valence-corrected chi connectivity index (χ1v) is 15.7. The summed E-state index contributed by atoms with van der Waals surface area (Å²) in [7, 11) is 0. The second kappa shape index (κ2) is 14.1. The van der Waals surface area contributed by atoms with Crippen LogP contribution in [0.4, 0.5) is 42.9 Å². The average Bonchev–Trinajstić information content (AvgIpc) is 3.74. The second-order valence-electron chi connectivity index (χ2n) is 11.6. The van der Waals surface area contributed by atoms with Gasteiger partial charge in [0.15, 0.2) is 5.82 Å². The molecule has 49 heavy (non-hydrogen) atoms. The quantitative estimate of drug-likeness (QED) is 0.186. The number of halogens is 7. The van der Waals surface area contributed by atoms with Gasteiger partial charge in [0.05, 0.1) is 35.3 Å². The monoisotopic (exact) mass is 713 g/mol. The molecule has 0 spiro atoms. The number of H-pyrrole nitrogens is 1. The van der Waals surface area contributed by atoms with Gasteiger partial charge in [-0.15, -0.1) is 0 Å². The van der Waals surface area contributed by atoms with Gasteiger partial charge in [-0.1, -0.05) is 11.6 Å². The van der Waals surface area contributed by atoms with Crippen LogP contribution in [0.1, 0.15) is 50.1 Å². The van der Waals surface area contributed by atoms with Crippen molar-refractivity contribution in [3.05, 3.63) is 47.8 Å². The third-order valence-electron chi connectivity index (χ3n) is 8.31. The molecule has 1 saturated carbocycles. The zero-order valence-electron chi connectivity index (χ0n) is 25.6. The number of aromatic amines is 1. The lowest BCUT2D eigenvalue weighted by Gasteiger charge is -2.36. The standard InChI is InChI=1S/C29H30ClF6N11O2/c30-21-11-41-45-25(21)24-20(29(34,35)36)10-39-26(44-24)43-17-1-3-19(4-2-17)47(27(48)40-15-28(31,32)33)23-13-37-22(12-38-23)16-9-42-46(14-16)18-5-7-49-8-6-18/h9-14,17-19H,1-8,15H2,(H,40,48)(H,41,45)(H,39,43,44)/t17-,19-. The molecule has 2 amide bonds. The Balaban J connectivity index is 1.16. The molecule has 3 N–H and O–H groups in total. The number of nitrogens with zero attached hydrogens (tertiary/aromatic N) is 8. The summed E-state index contributed by atoms with van der Waals surface area (Å²) in [5.41, 5.74) is -0.651. The zero-order chi connectivity index (χ0) is 34.8. The Kier molecular flexibility index (Phi) is 9.91. The molecular weight excluding hydrogens is 684 g/mol. The Bertz CT molecular complexity index is 1730. The van der Waals surface area contributed by atoms with Gasteiger partial charge in [-0.2, -0.15) is 36.5 Å². The minimum atomic E-state index is -4.77. The predicted octanol–water partition coefficient (Wildman–Crippen LogP) is 6.05. The van der Waals surface area contributed by atoms with Crippen LogP contribution in [0, 0.1) is 0 Å². The van der Waals surface area contributed by atoms with Crippen molar-refractivity contribution in [2.24, 2.45) is 0 Å². The van der Waals surface area contributed by atoms with Crippen LogP contribution in [0.15, 0.2) is 37.2 Å². The molecule has 20 heteroatoms. The first-order chi connectivity index (χ1) is 23.4. The molecule has 0 unspecified atom stereocenters. The first-order valence-electron chi connectivity index (χ1n) is 15.3. The molecule has 262 valence electrons. The van der Waals surface area contributed by atoms with Gasteiger partial charge in [-0.25, -0.2) is 19.7 Å². The fourth-order valence-corrected chi connectivity index (χ4v) is 6.05. The van der Waals surface area contributed by atoms with Crippen LogP contribution in [0.3, 0.4) is 0 Å². The summed E-state index contributed by atoms with van der Waals surface area (Å²) >= 11 is 6.02. The molecule has 5 heterocycles. The van der Waals surface area contributed by atoms with Crippen LogP contribution in [-0.2, 0) is 10.9 Å². The van der Waals surface area contributed by atoms with Crippen molar-refractivity contribution in [3.63, 3.8) is 0 Å². The number of aromatic nitrogens is 8. The molecule has 0 aromatic carbocycles. The van der Waals surface area contributed by atoms with Gasteiger partial charge >= 0.3 is 18.4 Å². The van der Waals surface area contributed by atoms with Gasteiger partial charge in [0.1, 0.15) is 23.5 Å². The van der Waals surface area contributed by atoms with E-state index >= 15 is 0 Å². The van der Waals surface area contributed by atoms with E-state index in [0.29, 0.717) is 56.4 Å². The van der Waals surface area contributed by atoms with Gasteiger partial charge in [-0.3, -0.25) is 19.7 Å². The third-order valence-corrected chi connectivity index (χ3v) is 8.60. The van der Waals surface area contributed by atoms with E-state index in [1.807, 2.05) is 16.2 Å². The van der Waals surface area contributed by atoms with Crippen LogP contribution in [0.25, 0.3) is 22.6 Å². The first kappa shape index (κ1) is 34.3. The summed E-state index contributed by atoms with van der Waals surface area (Å²) < 4.78 is 87.4. The summed E-state index contributed by atoms with van der Waals surface area (Å²) in [5.74, 6) is -0.0323. The lowest BCUT2D eigenvalue weighted by molar-refractivity contribution is -0.137. The summed E-state index contributed by atoms with van der Waals surface area (Å²) in [6, 6.07) is -1.68. The van der Waals surface area contributed by atoms with Gasteiger partial charge in [0.2, 0.25) is 5.95 Å². The highest BCUT2D eigenvalue weighted by molar-refractivity contribution is 6.32. The van der Waals surface area contributed by atoms with Crippen LogP contribution in [-0.4, -0.2) is 84.0 Å². The zero-order valence-corrected chi connectivity index (χ0v) is 26.4. The molecule has 6 rings (SSSR count). The Morgan fingerprint density at radius 2 is 1.73 bits per heavy atom. The minimum Gasteiger partial charge on any atom is -0.381 e. The summed E-state index contributed by atoms with van der Waals surface area (Å²) in [6.07, 6.45) is 1.77. The minimum absolute atomic E-state index is 0.0549. The topological polar surface area (TPSA) is 152 Å². The third kappa shape index (κ3) is 8.21. The van der Waals surface area contributed by atoms with Crippen LogP contribution < -0.4 is 15.5 Å². The fourth-order valence-electron chi connectivity index (χ4n) is 5.87. The van der Waals surface area contributed by atoms with Crippen molar-refractivity contribution in [1.82, 2.24) is 45.2 Å². The van der Waals surface area contributed by atoms with Crippen molar-refractivity contribution in [3.8, 4) is 22.6 Å². The number of rotatable bonds is 8. The number of ether oxygens (including phenoxy) is 1. The van der Waals surface area contributed by atoms with E-state index in [-0.39, 0.29) is 34.6 Å². The number of anilines is 2. The molecule has 0 bridgehead atoms. The number of amides is 2. The van der Waals surface area contributed by atoms with Crippen molar-refractivity contribution < 1.29 is 35.9 Å². The number of hydrogen-bond donors (Lipinski definition) is 3. The molecule has 4 aromatic rings. The van der Waals surface area contributed by atoms with Crippen LogP contribution in [0.5, 0.6) is 0 Å². The smallest absolute Gasteiger partial charge is 0.381 e. The van der Waals surface area contributed by atoms with E-state index in [1.54, 1.807) is 6.20 Å². The predicted molar refractivity (Wildman–Crippen MR) is 164 cm³/mol. The maximum atomic E-state index is 13.7. The van der Waals surface area contributed by atoms with E-state index in [4.69, 9.17) is 16.3 Å². The number of nitrogens with one attached hydrogen (secondary N) is 3. The molecule has 1 aliphatic carbocycles. The molecular formula is C29H30ClF6N11O2. The van der Waals surface area contributed by atoms with E-state index in [9.17, 15) is 31.1 Å². The fraction of sp³-hybridized carbons (Fsp3) is 0.483. The van der Waals surface area contributed by atoms with Gasteiger partial charge in [0.25, 0.3) is 0 Å². The summed E-state index contributed by atoms with van der Waals surface area (Å²) in [6.45, 7) is -0.253. The van der Waals surface area contributed by atoms with Crippen molar-refractivity contribution in [1.29, 1.82) is 0 Å². The van der Waals surface area contributed by atoms with Gasteiger partial charge < -0.3 is 15.4 Å². The number of carbonyl (C=O) groups is 1. The molecule has 13 nitrogen and oxygen atoms in total. The van der Waals surface area contributed by atoms with E-state index in [1.165, 1.54) is 18.6 Å².